The van der Waals surface area contributed by atoms with E-state index in [2.05, 4.69) is 20.8 Å². The Balaban J connectivity index is 1.44. The third kappa shape index (κ3) is 4.37. The van der Waals surface area contributed by atoms with Crippen molar-refractivity contribution >= 4 is 5.96 Å². The van der Waals surface area contributed by atoms with Gasteiger partial charge in [-0.05, 0) is 37.5 Å². The predicted octanol–water partition coefficient (Wildman–Crippen LogP) is 2.42. The van der Waals surface area contributed by atoms with Gasteiger partial charge in [0.25, 0.3) is 0 Å². The highest BCUT2D eigenvalue weighted by atomic mass is 16.7. The topological polar surface area (TPSA) is 85.6 Å². The van der Waals surface area contributed by atoms with E-state index in [4.69, 9.17) is 14.5 Å². The minimum absolute atomic E-state index is 0.287. The molecule has 1 aromatic carbocycles. The number of fused-ring (bicyclic) bond motifs is 1. The molecule has 0 saturated heterocycles. The van der Waals surface area contributed by atoms with Gasteiger partial charge in [0.15, 0.2) is 23.3 Å². The molecule has 2 aliphatic rings. The lowest BCUT2D eigenvalue weighted by atomic mass is 9.96. The van der Waals surface area contributed by atoms with Crippen LogP contribution in [0.3, 0.4) is 0 Å². The van der Waals surface area contributed by atoms with Crippen LogP contribution in [0.25, 0.3) is 0 Å². The quantitative estimate of drug-likeness (QED) is 0.608. The van der Waals surface area contributed by atoms with Crippen LogP contribution in [-0.4, -0.2) is 33.6 Å². The highest BCUT2D eigenvalue weighted by Gasteiger charge is 2.16. The molecule has 1 fully saturated rings. The Morgan fingerprint density at radius 2 is 2.00 bits per heavy atom. The molecule has 28 heavy (non-hydrogen) atoms. The summed E-state index contributed by atoms with van der Waals surface area (Å²) < 4.78 is 12.8. The van der Waals surface area contributed by atoms with E-state index in [0.29, 0.717) is 19.1 Å². The number of ether oxygens (including phenoxy) is 2. The lowest BCUT2D eigenvalue weighted by molar-refractivity contribution is 0.174. The summed E-state index contributed by atoms with van der Waals surface area (Å²) in [6, 6.07) is 6.44. The predicted molar refractivity (Wildman–Crippen MR) is 106 cm³/mol. The van der Waals surface area contributed by atoms with Crippen molar-refractivity contribution in [3.05, 3.63) is 35.4 Å². The maximum Gasteiger partial charge on any atom is 0.231 e. The van der Waals surface area contributed by atoms with Gasteiger partial charge in [0.2, 0.25) is 6.79 Å². The molecule has 1 aliphatic carbocycles. The minimum Gasteiger partial charge on any atom is -0.454 e. The highest BCUT2D eigenvalue weighted by Crippen LogP contribution is 2.32. The first-order valence-corrected chi connectivity index (χ1v) is 9.97. The molecule has 1 aromatic heterocycles. The summed E-state index contributed by atoms with van der Waals surface area (Å²) in [5, 5.41) is 15.4. The van der Waals surface area contributed by atoms with Crippen LogP contribution in [0.15, 0.2) is 23.2 Å². The van der Waals surface area contributed by atoms with Crippen molar-refractivity contribution in [2.24, 2.45) is 12.0 Å². The number of aliphatic imine (C=N–C) groups is 1. The number of nitrogens with zero attached hydrogens (tertiary/aromatic N) is 4. The van der Waals surface area contributed by atoms with Crippen molar-refractivity contribution in [1.82, 2.24) is 25.4 Å². The zero-order chi connectivity index (χ0) is 19.3. The molecule has 1 saturated carbocycles. The van der Waals surface area contributed by atoms with Crippen LogP contribution < -0.4 is 20.1 Å². The van der Waals surface area contributed by atoms with Gasteiger partial charge in [0.1, 0.15) is 5.82 Å². The second-order valence-corrected chi connectivity index (χ2v) is 7.41. The molecule has 1 aliphatic heterocycles. The molecule has 0 atom stereocenters. The third-order valence-electron chi connectivity index (χ3n) is 5.40. The van der Waals surface area contributed by atoms with Gasteiger partial charge in [-0.1, -0.05) is 25.3 Å². The fraction of sp³-hybridized carbons (Fsp3) is 0.550. The van der Waals surface area contributed by atoms with Gasteiger partial charge in [0, 0.05) is 13.1 Å². The lowest BCUT2D eigenvalue weighted by Gasteiger charge is -2.25. The molecule has 8 nitrogen and oxygen atoms in total. The largest absolute Gasteiger partial charge is 0.454 e. The van der Waals surface area contributed by atoms with Gasteiger partial charge in [-0.2, -0.15) is 0 Å². The molecule has 0 amide bonds. The van der Waals surface area contributed by atoms with Crippen molar-refractivity contribution in [3.8, 4) is 11.5 Å². The van der Waals surface area contributed by atoms with Crippen molar-refractivity contribution in [2.45, 2.75) is 58.2 Å². The van der Waals surface area contributed by atoms with E-state index >= 15 is 0 Å². The average molecular weight is 384 g/mol. The summed E-state index contributed by atoms with van der Waals surface area (Å²) >= 11 is 0. The van der Waals surface area contributed by atoms with E-state index in [-0.39, 0.29) is 6.79 Å². The van der Waals surface area contributed by atoms with Crippen LogP contribution in [0.5, 0.6) is 11.5 Å². The van der Waals surface area contributed by atoms with Crippen LogP contribution in [0, 0.1) is 6.92 Å². The molecule has 0 unspecified atom stereocenters. The van der Waals surface area contributed by atoms with E-state index in [1.807, 2.05) is 36.7 Å². The van der Waals surface area contributed by atoms with E-state index in [1.165, 1.54) is 32.1 Å². The molecule has 2 aromatic rings. The Labute approximate surface area is 165 Å². The van der Waals surface area contributed by atoms with Gasteiger partial charge in [-0.15, -0.1) is 10.2 Å². The van der Waals surface area contributed by atoms with Crippen molar-refractivity contribution < 1.29 is 9.47 Å². The summed E-state index contributed by atoms with van der Waals surface area (Å²) in [5.74, 6) is 4.18. The number of aromatic nitrogens is 3. The molecule has 0 spiro atoms. The molecule has 8 heteroatoms. The minimum atomic E-state index is 0.287. The van der Waals surface area contributed by atoms with Crippen LogP contribution in [0.1, 0.15) is 49.3 Å². The van der Waals surface area contributed by atoms with E-state index in [0.717, 1.165) is 34.7 Å². The first-order valence-electron chi connectivity index (χ1n) is 9.97. The summed E-state index contributed by atoms with van der Waals surface area (Å²) in [5.41, 5.74) is 1.09. The monoisotopic (exact) mass is 384 g/mol. The average Bonchev–Trinajstić information content (AvgIpc) is 3.31. The number of benzene rings is 1. The van der Waals surface area contributed by atoms with Gasteiger partial charge < -0.3 is 24.7 Å². The van der Waals surface area contributed by atoms with Crippen LogP contribution in [0.4, 0.5) is 0 Å². The summed E-state index contributed by atoms with van der Waals surface area (Å²) in [6.07, 6.45) is 6.25. The Morgan fingerprint density at radius 1 is 1.18 bits per heavy atom. The molecule has 2 N–H and O–H groups in total. The van der Waals surface area contributed by atoms with E-state index < -0.39 is 0 Å². The van der Waals surface area contributed by atoms with E-state index in [1.54, 1.807) is 0 Å². The van der Waals surface area contributed by atoms with Gasteiger partial charge in [-0.25, -0.2) is 4.99 Å². The standard InChI is InChI=1S/C20H28N6O2/c1-14-24-25-19(26(14)2)12-22-20(23-16-6-4-3-5-7-16)21-11-15-8-9-17-18(10-15)28-13-27-17/h8-10,16H,3-7,11-13H2,1-2H3,(H2,21,22,23). The SMILES string of the molecule is Cc1nnc(CNC(=NCc2ccc3c(c2)OCO3)NC2CCCCC2)n1C. The molecule has 0 radical (unpaired) electrons. The fourth-order valence-corrected chi connectivity index (χ4v) is 3.57. The van der Waals surface area contributed by atoms with Crippen LogP contribution in [-0.2, 0) is 20.1 Å². The zero-order valence-corrected chi connectivity index (χ0v) is 16.6. The number of rotatable bonds is 5. The molecular weight excluding hydrogens is 356 g/mol. The molecule has 2 heterocycles. The first kappa shape index (κ1) is 18.6. The summed E-state index contributed by atoms with van der Waals surface area (Å²) in [7, 11) is 1.98. The molecule has 0 bridgehead atoms. The number of guanidine groups is 1. The third-order valence-corrected chi connectivity index (χ3v) is 5.40. The molecule has 4 rings (SSSR count). The summed E-state index contributed by atoms with van der Waals surface area (Å²) in [6.45, 7) is 3.38. The molecule has 150 valence electrons. The number of nitrogens with one attached hydrogen (secondary N) is 2. The van der Waals surface area contributed by atoms with Gasteiger partial charge >= 0.3 is 0 Å². The number of hydrogen-bond acceptors (Lipinski definition) is 5. The lowest BCUT2D eigenvalue weighted by Crippen LogP contribution is -2.44. The maximum atomic E-state index is 5.47. The van der Waals surface area contributed by atoms with Gasteiger partial charge in [0.05, 0.1) is 13.1 Å². The molecular formula is C20H28N6O2. The van der Waals surface area contributed by atoms with E-state index in [9.17, 15) is 0 Å². The van der Waals surface area contributed by atoms with Crippen molar-refractivity contribution in [1.29, 1.82) is 0 Å². The Bertz CT molecular complexity index is 841. The smallest absolute Gasteiger partial charge is 0.231 e. The zero-order valence-electron chi connectivity index (χ0n) is 16.6. The Morgan fingerprint density at radius 3 is 2.79 bits per heavy atom. The normalized spacial score (nSPS) is 17.0. The number of hydrogen-bond donors (Lipinski definition) is 2. The maximum absolute atomic E-state index is 5.47. The second kappa shape index (κ2) is 8.50. The van der Waals surface area contributed by atoms with Gasteiger partial charge in [-0.3, -0.25) is 0 Å². The summed E-state index contributed by atoms with van der Waals surface area (Å²) in [4.78, 5) is 4.81. The second-order valence-electron chi connectivity index (χ2n) is 7.41. The highest BCUT2D eigenvalue weighted by molar-refractivity contribution is 5.80. The van der Waals surface area contributed by atoms with Crippen LogP contribution >= 0.6 is 0 Å². The number of aryl methyl sites for hydroxylation is 1. The Hall–Kier alpha value is -2.77. The first-order chi connectivity index (χ1) is 13.7. The fourth-order valence-electron chi connectivity index (χ4n) is 3.57. The van der Waals surface area contributed by atoms with Crippen molar-refractivity contribution in [3.63, 3.8) is 0 Å². The van der Waals surface area contributed by atoms with Crippen LogP contribution in [0.2, 0.25) is 0 Å². The van der Waals surface area contributed by atoms with Crippen molar-refractivity contribution in [2.75, 3.05) is 6.79 Å². The Kier molecular flexibility index (Phi) is 5.64.